The maximum Gasteiger partial charge on any atom is 0.329 e. The minimum absolute atomic E-state index is 0.00211. The fourth-order valence-corrected chi connectivity index (χ4v) is 2.82. The summed E-state index contributed by atoms with van der Waals surface area (Å²) in [6.45, 7) is 10.1. The monoisotopic (exact) mass is 392 g/mol. The Morgan fingerprint density at radius 2 is 1.76 bits per heavy atom. The molecule has 2 rings (SSSR count). The van der Waals surface area contributed by atoms with E-state index in [-0.39, 0.29) is 23.8 Å². The SMILES string of the molecule is CC(C)[C@H](NC(=O)c1ccc(C(C)(C)C)cc1)C(=O)OCc1cccc(C#N)c1. The highest BCUT2D eigenvalue weighted by Gasteiger charge is 2.26. The third-order valence-electron chi connectivity index (χ3n) is 4.66. The number of benzene rings is 2. The lowest BCUT2D eigenvalue weighted by atomic mass is 9.86. The summed E-state index contributed by atoms with van der Waals surface area (Å²) in [7, 11) is 0. The zero-order valence-corrected chi connectivity index (χ0v) is 17.7. The Labute approximate surface area is 172 Å². The van der Waals surface area contributed by atoms with Gasteiger partial charge >= 0.3 is 5.97 Å². The van der Waals surface area contributed by atoms with Gasteiger partial charge in [-0.15, -0.1) is 0 Å². The van der Waals surface area contributed by atoms with E-state index in [4.69, 9.17) is 10.00 Å². The molecule has 5 heteroatoms. The van der Waals surface area contributed by atoms with Gasteiger partial charge in [0.15, 0.2) is 0 Å². The summed E-state index contributed by atoms with van der Waals surface area (Å²) in [4.78, 5) is 25.2. The number of nitrogens with one attached hydrogen (secondary N) is 1. The molecule has 0 aliphatic heterocycles. The summed E-state index contributed by atoms with van der Waals surface area (Å²) < 4.78 is 5.39. The van der Waals surface area contributed by atoms with Gasteiger partial charge in [0.05, 0.1) is 11.6 Å². The van der Waals surface area contributed by atoms with Crippen LogP contribution in [0.2, 0.25) is 0 Å². The van der Waals surface area contributed by atoms with E-state index >= 15 is 0 Å². The number of nitriles is 1. The van der Waals surface area contributed by atoms with Gasteiger partial charge in [-0.05, 0) is 46.7 Å². The highest BCUT2D eigenvalue weighted by atomic mass is 16.5. The van der Waals surface area contributed by atoms with Gasteiger partial charge in [-0.25, -0.2) is 4.79 Å². The van der Waals surface area contributed by atoms with Crippen LogP contribution in [0.3, 0.4) is 0 Å². The molecule has 0 saturated heterocycles. The van der Waals surface area contributed by atoms with Crippen LogP contribution in [0.5, 0.6) is 0 Å². The molecule has 0 radical (unpaired) electrons. The fourth-order valence-electron chi connectivity index (χ4n) is 2.82. The standard InChI is InChI=1S/C24H28N2O3/c1-16(2)21(23(28)29-15-18-8-6-7-17(13-18)14-25)26-22(27)19-9-11-20(12-10-19)24(3,4)5/h6-13,16,21H,15H2,1-5H3,(H,26,27)/t21-/m0/s1. The summed E-state index contributed by atoms with van der Waals surface area (Å²) in [5, 5.41) is 11.7. The van der Waals surface area contributed by atoms with Crippen molar-refractivity contribution in [3.8, 4) is 6.07 Å². The predicted octanol–water partition coefficient (Wildman–Crippen LogP) is 4.35. The molecule has 29 heavy (non-hydrogen) atoms. The lowest BCUT2D eigenvalue weighted by Crippen LogP contribution is -2.45. The molecule has 0 saturated carbocycles. The normalized spacial score (nSPS) is 12.2. The van der Waals surface area contributed by atoms with Crippen LogP contribution in [0.1, 0.15) is 61.7 Å². The largest absolute Gasteiger partial charge is 0.459 e. The quantitative estimate of drug-likeness (QED) is 0.741. The number of ether oxygens (including phenoxy) is 1. The predicted molar refractivity (Wildman–Crippen MR) is 112 cm³/mol. The minimum atomic E-state index is -0.760. The Morgan fingerprint density at radius 3 is 2.31 bits per heavy atom. The number of rotatable bonds is 6. The maximum absolute atomic E-state index is 12.6. The van der Waals surface area contributed by atoms with Crippen LogP contribution >= 0.6 is 0 Å². The Hall–Kier alpha value is -3.13. The van der Waals surface area contributed by atoms with E-state index in [0.29, 0.717) is 11.1 Å². The van der Waals surface area contributed by atoms with E-state index in [9.17, 15) is 9.59 Å². The maximum atomic E-state index is 12.6. The second-order valence-electron chi connectivity index (χ2n) is 8.44. The van der Waals surface area contributed by atoms with Gasteiger partial charge in [0, 0.05) is 5.56 Å². The van der Waals surface area contributed by atoms with Crippen molar-refractivity contribution in [2.75, 3.05) is 0 Å². The molecular weight excluding hydrogens is 364 g/mol. The number of amides is 1. The van der Waals surface area contributed by atoms with E-state index in [1.54, 1.807) is 36.4 Å². The first-order valence-electron chi connectivity index (χ1n) is 9.69. The third-order valence-corrected chi connectivity index (χ3v) is 4.66. The summed E-state index contributed by atoms with van der Waals surface area (Å²) in [6, 6.07) is 15.6. The Bertz CT molecular complexity index is 903. The van der Waals surface area contributed by atoms with Crippen molar-refractivity contribution in [3.63, 3.8) is 0 Å². The van der Waals surface area contributed by atoms with E-state index in [2.05, 4.69) is 32.2 Å². The first-order valence-corrected chi connectivity index (χ1v) is 9.69. The molecular formula is C24H28N2O3. The molecule has 1 amide bonds. The molecule has 0 bridgehead atoms. The van der Waals surface area contributed by atoms with Crippen LogP contribution < -0.4 is 5.32 Å². The molecule has 1 N–H and O–H groups in total. The molecule has 2 aromatic rings. The van der Waals surface area contributed by atoms with Crippen molar-refractivity contribution in [2.24, 2.45) is 5.92 Å². The lowest BCUT2D eigenvalue weighted by molar-refractivity contribution is -0.148. The number of nitrogens with zero attached hydrogens (tertiary/aromatic N) is 1. The highest BCUT2D eigenvalue weighted by Crippen LogP contribution is 2.22. The van der Waals surface area contributed by atoms with Crippen LogP contribution in [-0.2, 0) is 21.6 Å². The molecule has 0 unspecified atom stereocenters. The Balaban J connectivity index is 2.03. The van der Waals surface area contributed by atoms with Crippen molar-refractivity contribution >= 4 is 11.9 Å². The molecule has 0 heterocycles. The van der Waals surface area contributed by atoms with Gasteiger partial charge in [-0.2, -0.15) is 5.26 Å². The molecule has 0 aliphatic rings. The van der Waals surface area contributed by atoms with Gasteiger partial charge in [0.2, 0.25) is 0 Å². The molecule has 0 aliphatic carbocycles. The van der Waals surface area contributed by atoms with Crippen molar-refractivity contribution in [1.29, 1.82) is 5.26 Å². The van der Waals surface area contributed by atoms with Crippen LogP contribution in [0.25, 0.3) is 0 Å². The fraction of sp³-hybridized carbons (Fsp3) is 0.375. The number of hydrogen-bond donors (Lipinski definition) is 1. The second-order valence-corrected chi connectivity index (χ2v) is 8.44. The Morgan fingerprint density at radius 1 is 1.10 bits per heavy atom. The summed E-state index contributed by atoms with van der Waals surface area (Å²) in [5.74, 6) is -0.944. The molecule has 0 spiro atoms. The molecule has 5 nitrogen and oxygen atoms in total. The summed E-state index contributed by atoms with van der Waals surface area (Å²) >= 11 is 0. The average molecular weight is 392 g/mol. The first kappa shape index (κ1) is 22.2. The smallest absolute Gasteiger partial charge is 0.329 e. The highest BCUT2D eigenvalue weighted by molar-refractivity contribution is 5.96. The Kier molecular flexibility index (Phi) is 7.17. The van der Waals surface area contributed by atoms with Gasteiger partial charge < -0.3 is 10.1 Å². The van der Waals surface area contributed by atoms with Crippen LogP contribution in [0.4, 0.5) is 0 Å². The van der Waals surface area contributed by atoms with E-state index in [0.717, 1.165) is 11.1 Å². The zero-order chi connectivity index (χ0) is 21.6. The molecule has 0 fully saturated rings. The van der Waals surface area contributed by atoms with Gasteiger partial charge in [-0.1, -0.05) is 58.9 Å². The van der Waals surface area contributed by atoms with Crippen LogP contribution in [0, 0.1) is 17.2 Å². The average Bonchev–Trinajstić information content (AvgIpc) is 2.69. The number of carbonyl (C=O) groups is 2. The van der Waals surface area contributed by atoms with E-state index < -0.39 is 12.0 Å². The topological polar surface area (TPSA) is 79.2 Å². The molecule has 152 valence electrons. The summed E-state index contributed by atoms with van der Waals surface area (Å²) in [5.41, 5.74) is 2.86. The summed E-state index contributed by atoms with van der Waals surface area (Å²) in [6.07, 6.45) is 0. The van der Waals surface area contributed by atoms with Crippen LogP contribution in [0.15, 0.2) is 48.5 Å². The lowest BCUT2D eigenvalue weighted by Gasteiger charge is -2.22. The van der Waals surface area contributed by atoms with Gasteiger partial charge in [-0.3, -0.25) is 4.79 Å². The second kappa shape index (κ2) is 9.38. The van der Waals surface area contributed by atoms with Gasteiger partial charge in [0.1, 0.15) is 12.6 Å². The van der Waals surface area contributed by atoms with Crippen molar-refractivity contribution in [1.82, 2.24) is 5.32 Å². The van der Waals surface area contributed by atoms with Crippen LogP contribution in [-0.4, -0.2) is 17.9 Å². The molecule has 2 aromatic carbocycles. The number of esters is 1. The van der Waals surface area contributed by atoms with E-state index in [1.807, 2.05) is 26.0 Å². The third kappa shape index (κ3) is 6.18. The van der Waals surface area contributed by atoms with Crippen molar-refractivity contribution in [2.45, 2.75) is 52.7 Å². The minimum Gasteiger partial charge on any atom is -0.459 e. The molecule has 0 aromatic heterocycles. The van der Waals surface area contributed by atoms with Gasteiger partial charge in [0.25, 0.3) is 5.91 Å². The number of hydrogen-bond acceptors (Lipinski definition) is 4. The first-order chi connectivity index (χ1) is 13.6. The van der Waals surface area contributed by atoms with Crippen molar-refractivity contribution < 1.29 is 14.3 Å². The van der Waals surface area contributed by atoms with E-state index in [1.165, 1.54) is 0 Å². The molecule has 1 atom stereocenters. The number of carbonyl (C=O) groups excluding carboxylic acids is 2. The zero-order valence-electron chi connectivity index (χ0n) is 17.7. The van der Waals surface area contributed by atoms with Crippen molar-refractivity contribution in [3.05, 3.63) is 70.8 Å².